The molecule has 0 spiro atoms. The first kappa shape index (κ1) is 39.5. The number of ether oxygens (including phenoxy) is 1. The quantitative estimate of drug-likeness (QED) is 0.0477. The summed E-state index contributed by atoms with van der Waals surface area (Å²) in [5.41, 5.74) is 1.40. The van der Waals surface area contributed by atoms with Crippen molar-refractivity contribution in [1.82, 2.24) is 10.3 Å². The number of fused-ring (bicyclic) bond motifs is 6. The van der Waals surface area contributed by atoms with Crippen LogP contribution >= 0.6 is 52.6 Å². The number of halogens is 2. The number of carbonyl (C=O) groups is 3. The van der Waals surface area contributed by atoms with Crippen molar-refractivity contribution in [2.75, 3.05) is 46.9 Å². The van der Waals surface area contributed by atoms with Crippen LogP contribution in [-0.2, 0) is 14.2 Å². The van der Waals surface area contributed by atoms with Crippen LogP contribution in [0.4, 0.5) is 16.2 Å². The molecular weight excluding hydrogens is 842 g/mol. The number of amides is 3. The number of nitrogens with one attached hydrogen (secondary N) is 1. The van der Waals surface area contributed by atoms with Crippen molar-refractivity contribution in [2.45, 2.75) is 36.1 Å². The van der Waals surface area contributed by atoms with E-state index in [4.69, 9.17) is 32.5 Å². The second-order valence-electron chi connectivity index (χ2n) is 15.3. The number of phosphoric ester groups is 1. The Morgan fingerprint density at radius 1 is 0.793 bits per heavy atom. The number of hydrogen-bond acceptors (Lipinski definition) is 9. The molecule has 2 atom stereocenters. The Bertz CT molecular complexity index is 2530. The average molecular weight is 880 g/mol. The molecule has 58 heavy (non-hydrogen) atoms. The average Bonchev–Trinajstić information content (AvgIpc) is 3.75. The number of phosphoric acid groups is 1. The summed E-state index contributed by atoms with van der Waals surface area (Å²) >= 11 is 13.0. The maximum atomic E-state index is 14.6. The van der Waals surface area contributed by atoms with Crippen LogP contribution in [0.3, 0.4) is 0 Å². The minimum Gasteiger partial charge on any atom is -0.410 e. The fourth-order valence-electron chi connectivity index (χ4n) is 9.39. The molecule has 3 heterocycles. The highest BCUT2D eigenvalue weighted by molar-refractivity contribution is 8.76. The lowest BCUT2D eigenvalue weighted by Gasteiger charge is -2.69. The monoisotopic (exact) mass is 878 g/mol. The van der Waals surface area contributed by atoms with E-state index in [1.165, 1.54) is 16.9 Å². The topological polar surface area (TPSA) is 159 Å². The summed E-state index contributed by atoms with van der Waals surface area (Å²) in [5.74, 6) is 0.853. The van der Waals surface area contributed by atoms with Gasteiger partial charge in [0.25, 0.3) is 0 Å². The largest absolute Gasteiger partial charge is 0.524 e. The lowest BCUT2D eigenvalue weighted by molar-refractivity contribution is -0.204. The highest BCUT2D eigenvalue weighted by atomic mass is 35.5. The molecule has 3 amide bonds. The highest BCUT2D eigenvalue weighted by Gasteiger charge is 2.76. The minimum absolute atomic E-state index is 0.0236. The van der Waals surface area contributed by atoms with E-state index in [0.29, 0.717) is 72.5 Å². The number of carbonyl (C=O) groups excluding carboxylic acids is 3. The minimum atomic E-state index is -4.91. The van der Waals surface area contributed by atoms with Gasteiger partial charge in [-0.15, -0.1) is 23.2 Å². The first-order valence-corrected chi connectivity index (χ1v) is 23.6. The number of alkyl halides is 2. The number of pyridine rings is 1. The van der Waals surface area contributed by atoms with Crippen molar-refractivity contribution in [2.24, 2.45) is 10.8 Å². The summed E-state index contributed by atoms with van der Waals surface area (Å²) in [6.07, 6.45) is 2.22. The Hall–Kier alpha value is -4.01. The van der Waals surface area contributed by atoms with Crippen molar-refractivity contribution in [3.63, 3.8) is 0 Å². The van der Waals surface area contributed by atoms with Gasteiger partial charge in [-0.3, -0.25) is 19.4 Å². The van der Waals surface area contributed by atoms with Gasteiger partial charge in [-0.05, 0) is 64.1 Å². The van der Waals surface area contributed by atoms with Crippen molar-refractivity contribution in [1.29, 1.82) is 0 Å². The van der Waals surface area contributed by atoms with E-state index in [2.05, 4.69) is 10.3 Å². The maximum absolute atomic E-state index is 14.6. The SMILES string of the molecule is O=C(NCCSSc1ccccn1)Oc1cc2c(c3ccccc13)[C@H](CCl)CN2C(=O)C12CC(C(=O)N3C[C@@H](CCl)c4c3cc(OP(=O)(O)O)c3ccccc43)(C1)C2. The lowest BCUT2D eigenvalue weighted by Crippen LogP contribution is -2.73. The first-order chi connectivity index (χ1) is 27.9. The van der Waals surface area contributed by atoms with E-state index >= 15 is 0 Å². The summed E-state index contributed by atoms with van der Waals surface area (Å²) in [6.45, 7) is 1.03. The van der Waals surface area contributed by atoms with Crippen LogP contribution in [0.15, 0.2) is 90.1 Å². The van der Waals surface area contributed by atoms with Crippen LogP contribution in [0, 0.1) is 10.8 Å². The molecule has 10 rings (SSSR count). The van der Waals surface area contributed by atoms with Gasteiger partial charge in [0.05, 0.1) is 22.2 Å². The third-order valence-electron chi connectivity index (χ3n) is 11.7. The molecule has 2 aliphatic heterocycles. The predicted molar refractivity (Wildman–Crippen MR) is 227 cm³/mol. The smallest absolute Gasteiger partial charge is 0.410 e. The van der Waals surface area contributed by atoms with Crippen LogP contribution in [0.2, 0.25) is 0 Å². The van der Waals surface area contributed by atoms with Crippen LogP contribution in [0.1, 0.15) is 42.2 Å². The fraction of sp³-hybridized carbons (Fsp3) is 0.317. The normalized spacial score (nSPS) is 22.9. The lowest BCUT2D eigenvalue weighted by atomic mass is 9.34. The van der Waals surface area contributed by atoms with E-state index in [-0.39, 0.29) is 41.2 Å². The van der Waals surface area contributed by atoms with E-state index in [1.807, 2.05) is 54.6 Å². The van der Waals surface area contributed by atoms with Crippen LogP contribution in [-0.4, -0.2) is 69.8 Å². The predicted octanol–water partition coefficient (Wildman–Crippen LogP) is 8.60. The maximum Gasteiger partial charge on any atom is 0.524 e. The molecular formula is C41H37Cl2N4O8PS2. The van der Waals surface area contributed by atoms with Gasteiger partial charge in [0.1, 0.15) is 16.5 Å². The molecule has 2 bridgehead atoms. The zero-order valence-electron chi connectivity index (χ0n) is 30.8. The number of nitrogens with zero attached hydrogens (tertiary/aromatic N) is 3. The molecule has 3 saturated carbocycles. The highest BCUT2D eigenvalue weighted by Crippen LogP contribution is 2.75. The van der Waals surface area contributed by atoms with Crippen molar-refractivity contribution in [3.8, 4) is 11.5 Å². The third-order valence-corrected chi connectivity index (χ3v) is 15.2. The van der Waals surface area contributed by atoms with E-state index < -0.39 is 24.7 Å². The summed E-state index contributed by atoms with van der Waals surface area (Å²) in [5, 5.41) is 6.51. The second kappa shape index (κ2) is 15.2. The third kappa shape index (κ3) is 6.80. The molecule has 0 unspecified atom stereocenters. The van der Waals surface area contributed by atoms with Crippen molar-refractivity contribution >= 4 is 103 Å². The zero-order chi connectivity index (χ0) is 40.4. The van der Waals surface area contributed by atoms with Gasteiger partial charge in [-0.1, -0.05) is 65.4 Å². The van der Waals surface area contributed by atoms with Gasteiger partial charge in [-0.25, -0.2) is 14.3 Å². The van der Waals surface area contributed by atoms with Crippen molar-refractivity contribution in [3.05, 3.63) is 96.2 Å². The number of aromatic nitrogens is 1. The number of rotatable bonds is 12. The second-order valence-corrected chi connectivity index (χ2v) is 19.5. The molecule has 300 valence electrons. The molecule has 17 heteroatoms. The van der Waals surface area contributed by atoms with Gasteiger partial charge >= 0.3 is 13.9 Å². The fourth-order valence-corrected chi connectivity index (χ4v) is 12.1. The molecule has 3 N–H and O–H groups in total. The Morgan fingerprint density at radius 3 is 1.83 bits per heavy atom. The Balaban J connectivity index is 0.932. The van der Waals surface area contributed by atoms with Crippen LogP contribution in [0.5, 0.6) is 11.5 Å². The van der Waals surface area contributed by atoms with E-state index in [1.54, 1.807) is 45.0 Å². The molecule has 3 aliphatic carbocycles. The van der Waals surface area contributed by atoms with E-state index in [9.17, 15) is 28.7 Å². The Labute approximate surface area is 351 Å². The first-order valence-electron chi connectivity index (χ1n) is 18.7. The summed E-state index contributed by atoms with van der Waals surface area (Å²) in [4.78, 5) is 69.3. The number of hydrogen-bond donors (Lipinski definition) is 3. The summed E-state index contributed by atoms with van der Waals surface area (Å²) in [6, 6.07) is 23.7. The summed E-state index contributed by atoms with van der Waals surface area (Å²) < 4.78 is 23.0. The molecule has 5 aliphatic rings. The summed E-state index contributed by atoms with van der Waals surface area (Å²) in [7, 11) is -1.82. The molecule has 0 radical (unpaired) electrons. The Kier molecular flexibility index (Phi) is 10.4. The molecule has 0 saturated heterocycles. The Morgan fingerprint density at radius 2 is 1.31 bits per heavy atom. The van der Waals surface area contributed by atoms with Crippen LogP contribution < -0.4 is 24.4 Å². The van der Waals surface area contributed by atoms with E-state index in [0.717, 1.165) is 26.9 Å². The molecule has 4 aromatic carbocycles. The van der Waals surface area contributed by atoms with Gasteiger partial charge in [0, 0.05) is 78.1 Å². The van der Waals surface area contributed by atoms with Gasteiger partial charge < -0.3 is 24.4 Å². The number of anilines is 2. The standard InChI is InChI=1S/C41H37Cl2N4O8PS2/c42-17-24-19-46(30-15-32(26-7-1-3-9-28(26)35(24)30)54-39(50)45-13-14-57-58-34-11-5-6-12-44-34)37(48)40-21-41(22-40,23-40)38(49)47-20-25(18-43)36-29-10-4-2-8-27(29)33(16-31(36)47)55-56(51,52)53/h1-12,15-16,24-25H,13-14,17-23H2,(H,45,50)(H2,51,52,53)/t24-,25-,40?,41?/m1/s1. The molecule has 12 nitrogen and oxygen atoms in total. The van der Waals surface area contributed by atoms with Gasteiger partial charge in [0.2, 0.25) is 11.8 Å². The van der Waals surface area contributed by atoms with Crippen LogP contribution in [0.25, 0.3) is 21.5 Å². The molecule has 1 aromatic heterocycles. The molecule has 3 fully saturated rings. The van der Waals surface area contributed by atoms with Gasteiger partial charge in [-0.2, -0.15) is 0 Å². The van der Waals surface area contributed by atoms with Crippen molar-refractivity contribution < 1.29 is 38.0 Å². The molecule has 5 aromatic rings. The zero-order valence-corrected chi connectivity index (χ0v) is 34.8. The van der Waals surface area contributed by atoms with Gasteiger partial charge in [0.15, 0.2) is 0 Å². The number of benzene rings is 4.